The van der Waals surface area contributed by atoms with Gasteiger partial charge in [-0.05, 0) is 45.8 Å². The van der Waals surface area contributed by atoms with Crippen LogP contribution >= 0.6 is 0 Å². The number of fused-ring (bicyclic) bond motifs is 1. The molecule has 1 saturated carbocycles. The van der Waals surface area contributed by atoms with Gasteiger partial charge in [0.15, 0.2) is 5.78 Å². The van der Waals surface area contributed by atoms with Crippen molar-refractivity contribution in [2.45, 2.75) is 45.6 Å². The molecule has 2 aliphatic heterocycles. The number of ketones is 1. The lowest BCUT2D eigenvalue weighted by molar-refractivity contribution is 0.0898. The standard InChI is InChI=1S/C20H25NO3/c1-13(22)17-16(23-4)10-15(21-11-20(12-21)7-5-8-20)14-6-9-19(2,3)24-18(14)17/h6,9-10H,5,7-8,11-12H2,1-4H3. The molecular weight excluding hydrogens is 302 g/mol. The highest BCUT2D eigenvalue weighted by molar-refractivity contribution is 6.02. The molecule has 2 heterocycles. The Morgan fingerprint density at radius 1 is 1.29 bits per heavy atom. The average molecular weight is 327 g/mol. The van der Waals surface area contributed by atoms with Crippen LogP contribution < -0.4 is 14.4 Å². The maximum absolute atomic E-state index is 12.2. The lowest BCUT2D eigenvalue weighted by atomic mass is 9.63. The number of hydrogen-bond donors (Lipinski definition) is 0. The Kier molecular flexibility index (Phi) is 3.25. The van der Waals surface area contributed by atoms with Gasteiger partial charge < -0.3 is 14.4 Å². The zero-order valence-corrected chi connectivity index (χ0v) is 14.9. The summed E-state index contributed by atoms with van der Waals surface area (Å²) in [7, 11) is 1.62. The van der Waals surface area contributed by atoms with E-state index in [1.165, 1.54) is 19.3 Å². The second kappa shape index (κ2) is 5.01. The van der Waals surface area contributed by atoms with E-state index in [2.05, 4.69) is 17.1 Å². The van der Waals surface area contributed by atoms with E-state index in [1.807, 2.05) is 19.9 Å². The first-order valence-corrected chi connectivity index (χ1v) is 8.73. The highest BCUT2D eigenvalue weighted by Crippen LogP contribution is 2.52. The van der Waals surface area contributed by atoms with Crippen molar-refractivity contribution in [2.75, 3.05) is 25.1 Å². The molecule has 4 nitrogen and oxygen atoms in total. The summed E-state index contributed by atoms with van der Waals surface area (Å²) in [5.41, 5.74) is 2.79. The Morgan fingerprint density at radius 3 is 2.54 bits per heavy atom. The Morgan fingerprint density at radius 2 is 2.00 bits per heavy atom. The molecule has 1 spiro atoms. The number of Topliss-reactive ketones (excluding diaryl/α,β-unsaturated/α-hetero) is 1. The minimum Gasteiger partial charge on any atom is -0.496 e. The van der Waals surface area contributed by atoms with Gasteiger partial charge in [-0.15, -0.1) is 0 Å². The number of nitrogens with zero attached hydrogens (tertiary/aromatic N) is 1. The fourth-order valence-electron chi connectivity index (χ4n) is 4.17. The summed E-state index contributed by atoms with van der Waals surface area (Å²) in [5.74, 6) is 1.25. The number of methoxy groups -OCH3 is 1. The summed E-state index contributed by atoms with van der Waals surface area (Å²) >= 11 is 0. The van der Waals surface area contributed by atoms with E-state index in [0.717, 1.165) is 24.3 Å². The molecule has 128 valence electrons. The molecule has 1 aromatic rings. The van der Waals surface area contributed by atoms with Crippen LogP contribution in [0, 0.1) is 5.41 Å². The molecule has 4 heteroatoms. The summed E-state index contributed by atoms with van der Waals surface area (Å²) in [5, 5.41) is 0. The van der Waals surface area contributed by atoms with Gasteiger partial charge in [0.25, 0.3) is 0 Å². The van der Waals surface area contributed by atoms with Crippen LogP contribution in [0.1, 0.15) is 56.0 Å². The molecule has 0 atom stereocenters. The summed E-state index contributed by atoms with van der Waals surface area (Å²) in [6.45, 7) is 7.77. The number of anilines is 1. The van der Waals surface area contributed by atoms with Gasteiger partial charge >= 0.3 is 0 Å². The smallest absolute Gasteiger partial charge is 0.167 e. The molecule has 0 N–H and O–H groups in total. The third-order valence-corrected chi connectivity index (χ3v) is 5.66. The van der Waals surface area contributed by atoms with Crippen molar-refractivity contribution >= 4 is 17.5 Å². The van der Waals surface area contributed by atoms with Crippen LogP contribution in [-0.2, 0) is 0 Å². The quantitative estimate of drug-likeness (QED) is 0.785. The monoisotopic (exact) mass is 327 g/mol. The van der Waals surface area contributed by atoms with Crippen LogP contribution in [0.4, 0.5) is 5.69 Å². The van der Waals surface area contributed by atoms with Gasteiger partial charge in [-0.3, -0.25) is 4.79 Å². The Bertz CT molecular complexity index is 736. The lowest BCUT2D eigenvalue weighted by Crippen LogP contribution is -2.60. The summed E-state index contributed by atoms with van der Waals surface area (Å²) in [4.78, 5) is 14.6. The molecule has 2 fully saturated rings. The van der Waals surface area contributed by atoms with E-state index in [9.17, 15) is 4.79 Å². The van der Waals surface area contributed by atoms with Gasteiger partial charge in [0.2, 0.25) is 0 Å². The number of hydrogen-bond acceptors (Lipinski definition) is 4. The molecule has 0 unspecified atom stereocenters. The van der Waals surface area contributed by atoms with Gasteiger partial charge in [-0.1, -0.05) is 6.42 Å². The predicted octanol–water partition coefficient (Wildman–Crippen LogP) is 4.07. The van der Waals surface area contributed by atoms with Gasteiger partial charge in [0, 0.05) is 30.1 Å². The van der Waals surface area contributed by atoms with Crippen molar-refractivity contribution in [3.05, 3.63) is 23.3 Å². The lowest BCUT2D eigenvalue weighted by Gasteiger charge is -2.57. The number of carbonyl (C=O) groups excluding carboxylic acids is 1. The van der Waals surface area contributed by atoms with Crippen LogP contribution in [0.2, 0.25) is 0 Å². The van der Waals surface area contributed by atoms with Gasteiger partial charge in [0.1, 0.15) is 22.7 Å². The third-order valence-electron chi connectivity index (χ3n) is 5.66. The highest BCUT2D eigenvalue weighted by Gasteiger charge is 2.48. The van der Waals surface area contributed by atoms with Crippen molar-refractivity contribution in [1.29, 1.82) is 0 Å². The van der Waals surface area contributed by atoms with Crippen molar-refractivity contribution in [3.63, 3.8) is 0 Å². The third kappa shape index (κ3) is 2.23. The van der Waals surface area contributed by atoms with E-state index in [-0.39, 0.29) is 5.78 Å². The second-order valence-corrected chi connectivity index (χ2v) is 8.02. The molecule has 3 aliphatic rings. The molecule has 0 amide bonds. The second-order valence-electron chi connectivity index (χ2n) is 8.02. The van der Waals surface area contributed by atoms with Crippen molar-refractivity contribution in [1.82, 2.24) is 0 Å². The van der Waals surface area contributed by atoms with E-state index >= 15 is 0 Å². The molecule has 0 bridgehead atoms. The van der Waals surface area contributed by atoms with Crippen LogP contribution in [0.15, 0.2) is 12.1 Å². The van der Waals surface area contributed by atoms with E-state index < -0.39 is 5.60 Å². The maximum atomic E-state index is 12.2. The fraction of sp³-hybridized carbons (Fsp3) is 0.550. The normalized spacial score (nSPS) is 22.2. The Labute approximate surface area is 143 Å². The number of carbonyl (C=O) groups is 1. The van der Waals surface area contributed by atoms with Crippen molar-refractivity contribution in [2.24, 2.45) is 5.41 Å². The minimum atomic E-state index is -0.426. The van der Waals surface area contributed by atoms with Gasteiger partial charge in [0.05, 0.1) is 12.8 Å². The number of ether oxygens (including phenoxy) is 2. The average Bonchev–Trinajstić information content (AvgIpc) is 2.41. The molecule has 4 rings (SSSR count). The molecule has 1 aliphatic carbocycles. The highest BCUT2D eigenvalue weighted by atomic mass is 16.5. The molecule has 24 heavy (non-hydrogen) atoms. The Balaban J connectivity index is 1.81. The predicted molar refractivity (Wildman–Crippen MR) is 95.2 cm³/mol. The Hall–Kier alpha value is -1.97. The largest absolute Gasteiger partial charge is 0.496 e. The zero-order valence-electron chi connectivity index (χ0n) is 14.9. The number of benzene rings is 1. The van der Waals surface area contributed by atoms with Crippen LogP contribution in [0.25, 0.3) is 6.08 Å². The van der Waals surface area contributed by atoms with Crippen molar-refractivity contribution < 1.29 is 14.3 Å². The summed E-state index contributed by atoms with van der Waals surface area (Å²) < 4.78 is 11.7. The zero-order chi connectivity index (χ0) is 17.1. The first kappa shape index (κ1) is 15.6. The number of rotatable bonds is 3. The van der Waals surface area contributed by atoms with Crippen molar-refractivity contribution in [3.8, 4) is 11.5 Å². The summed E-state index contributed by atoms with van der Waals surface area (Å²) in [6.07, 6.45) is 8.21. The van der Waals surface area contributed by atoms with Crippen LogP contribution in [0.5, 0.6) is 11.5 Å². The van der Waals surface area contributed by atoms with Gasteiger partial charge in [-0.25, -0.2) is 0 Å². The van der Waals surface area contributed by atoms with E-state index in [1.54, 1.807) is 14.0 Å². The molecule has 1 aromatic carbocycles. The van der Waals surface area contributed by atoms with E-state index in [4.69, 9.17) is 9.47 Å². The van der Waals surface area contributed by atoms with E-state index in [0.29, 0.717) is 22.5 Å². The molecule has 0 aromatic heterocycles. The van der Waals surface area contributed by atoms with Crippen LogP contribution in [0.3, 0.4) is 0 Å². The molecular formula is C20H25NO3. The minimum absolute atomic E-state index is 0.0279. The maximum Gasteiger partial charge on any atom is 0.167 e. The molecule has 0 radical (unpaired) electrons. The summed E-state index contributed by atoms with van der Waals surface area (Å²) in [6, 6.07) is 2.01. The topological polar surface area (TPSA) is 38.8 Å². The van der Waals surface area contributed by atoms with Crippen LogP contribution in [-0.4, -0.2) is 31.6 Å². The van der Waals surface area contributed by atoms with Gasteiger partial charge in [-0.2, -0.15) is 0 Å². The molecule has 1 saturated heterocycles. The first-order valence-electron chi connectivity index (χ1n) is 8.73. The fourth-order valence-corrected chi connectivity index (χ4v) is 4.17. The first-order chi connectivity index (χ1) is 11.3. The SMILES string of the molecule is COc1cc(N2CC3(CCC3)C2)c2c(c1C(C)=O)OC(C)(C)C=C2.